The number of benzene rings is 1. The van der Waals surface area contributed by atoms with Gasteiger partial charge in [0.2, 0.25) is 0 Å². The number of rotatable bonds is 9. The first-order valence-corrected chi connectivity index (χ1v) is 12.3. The van der Waals surface area contributed by atoms with Gasteiger partial charge in [-0.15, -0.1) is 11.8 Å². The Bertz CT molecular complexity index is 460. The van der Waals surface area contributed by atoms with Gasteiger partial charge in [0.15, 0.2) is 5.78 Å². The molecule has 1 nitrogen and oxygen atoms in total. The van der Waals surface area contributed by atoms with Crippen LogP contribution < -0.4 is 0 Å². The minimum absolute atomic E-state index is 0.307. The fourth-order valence-corrected chi connectivity index (χ4v) is 5.25. The molecule has 116 valence electrons. The van der Waals surface area contributed by atoms with Gasteiger partial charge in [-0.2, -0.15) is 0 Å². The third-order valence-electron chi connectivity index (χ3n) is 3.30. The lowest BCUT2D eigenvalue weighted by molar-refractivity contribution is -0.114. The second kappa shape index (κ2) is 9.26. The molecule has 0 amide bonds. The summed E-state index contributed by atoms with van der Waals surface area (Å²) in [6.07, 6.45) is 5.98. The van der Waals surface area contributed by atoms with Gasteiger partial charge in [0.1, 0.15) is 0 Å². The molecule has 0 atom stereocenters. The summed E-state index contributed by atoms with van der Waals surface area (Å²) in [6.45, 7) is 9.12. The van der Waals surface area contributed by atoms with Gasteiger partial charge in [-0.3, -0.25) is 4.79 Å². The van der Waals surface area contributed by atoms with Crippen LogP contribution in [0.15, 0.2) is 40.9 Å². The van der Waals surface area contributed by atoms with Crippen molar-refractivity contribution in [2.75, 3.05) is 0 Å². The summed E-state index contributed by atoms with van der Waals surface area (Å²) in [6, 6.07) is 10.5. The van der Waals surface area contributed by atoms with Gasteiger partial charge in [0, 0.05) is 12.2 Å². The zero-order valence-corrected chi connectivity index (χ0v) is 15.6. The molecule has 0 bridgehead atoms. The van der Waals surface area contributed by atoms with Crippen molar-refractivity contribution in [1.29, 1.82) is 0 Å². The van der Waals surface area contributed by atoms with E-state index in [1.54, 1.807) is 0 Å². The van der Waals surface area contributed by atoms with Crippen LogP contribution in [0.5, 0.6) is 0 Å². The first-order valence-electron chi connectivity index (χ1n) is 7.85. The highest BCUT2D eigenvalue weighted by Gasteiger charge is 2.21. The van der Waals surface area contributed by atoms with Crippen LogP contribution in [0.1, 0.15) is 38.2 Å². The largest absolute Gasteiger partial charge is 0.295 e. The number of carbonyl (C=O) groups excluding carboxylic acids is 1. The summed E-state index contributed by atoms with van der Waals surface area (Å²) in [5, 5.41) is 0. The fourth-order valence-electron chi connectivity index (χ4n) is 1.98. The van der Waals surface area contributed by atoms with E-state index in [1.165, 1.54) is 16.5 Å². The summed E-state index contributed by atoms with van der Waals surface area (Å²) >= 11 is 1.85. The van der Waals surface area contributed by atoms with Gasteiger partial charge in [-0.25, -0.2) is 0 Å². The van der Waals surface area contributed by atoms with Crippen molar-refractivity contribution in [3.63, 3.8) is 0 Å². The Balaban J connectivity index is 2.65. The molecule has 0 aliphatic heterocycles. The molecule has 0 spiro atoms. The van der Waals surface area contributed by atoms with Gasteiger partial charge in [-0.1, -0.05) is 69.7 Å². The molecule has 0 aliphatic carbocycles. The maximum Gasteiger partial charge on any atom is 0.156 e. The molecule has 0 fully saturated rings. The molecular formula is C18H28OSSi. The first kappa shape index (κ1) is 18.2. The number of unbranched alkanes of at least 4 members (excludes halogenated alkanes) is 2. The molecule has 1 rings (SSSR count). The summed E-state index contributed by atoms with van der Waals surface area (Å²) in [5.41, 5.74) is 1.32. The molecular weight excluding hydrogens is 292 g/mol. The minimum Gasteiger partial charge on any atom is -0.295 e. The van der Waals surface area contributed by atoms with Crippen molar-refractivity contribution in [1.82, 2.24) is 0 Å². The van der Waals surface area contributed by atoms with Crippen LogP contribution in [0.2, 0.25) is 19.6 Å². The smallest absolute Gasteiger partial charge is 0.156 e. The lowest BCUT2D eigenvalue weighted by Gasteiger charge is -2.20. The SMILES string of the molecule is CCCCCC(=O)/C=C(/SCc1ccccc1)[Si](C)(C)C. The molecule has 0 saturated carbocycles. The molecule has 0 N–H and O–H groups in total. The predicted molar refractivity (Wildman–Crippen MR) is 98.3 cm³/mol. The van der Waals surface area contributed by atoms with Crippen LogP contribution >= 0.6 is 11.8 Å². The lowest BCUT2D eigenvalue weighted by atomic mass is 10.1. The van der Waals surface area contributed by atoms with Crippen LogP contribution in [0, 0.1) is 0 Å². The summed E-state index contributed by atoms with van der Waals surface area (Å²) in [4.78, 5) is 12.1. The lowest BCUT2D eigenvalue weighted by Crippen LogP contribution is -2.23. The highest BCUT2D eigenvalue weighted by molar-refractivity contribution is 8.04. The Hall–Kier alpha value is -0.803. The third-order valence-corrected chi connectivity index (χ3v) is 8.09. The highest BCUT2D eigenvalue weighted by Crippen LogP contribution is 2.30. The molecule has 0 radical (unpaired) electrons. The maximum atomic E-state index is 12.1. The van der Waals surface area contributed by atoms with E-state index in [2.05, 4.69) is 50.8 Å². The molecule has 0 aliphatic rings. The Morgan fingerprint density at radius 2 is 1.81 bits per heavy atom. The van der Waals surface area contributed by atoms with Gasteiger partial charge in [0.05, 0.1) is 8.07 Å². The van der Waals surface area contributed by atoms with Gasteiger partial charge in [-0.05, 0) is 22.6 Å². The standard InChI is InChI=1S/C18H28OSSi/c1-5-6-8-13-17(19)14-18(21(2,3)4)20-15-16-11-9-7-10-12-16/h7,9-12,14H,5-6,8,13,15H2,1-4H3/b18-14-. The van der Waals surface area contributed by atoms with Crippen molar-refractivity contribution in [3.8, 4) is 0 Å². The number of hydrogen-bond acceptors (Lipinski definition) is 2. The van der Waals surface area contributed by atoms with Crippen molar-refractivity contribution in [2.24, 2.45) is 0 Å². The number of hydrogen-bond donors (Lipinski definition) is 0. The quantitative estimate of drug-likeness (QED) is 0.323. The van der Waals surface area contributed by atoms with Gasteiger partial charge < -0.3 is 0 Å². The molecule has 0 heterocycles. The molecule has 0 unspecified atom stereocenters. The van der Waals surface area contributed by atoms with Crippen LogP contribution in [0.3, 0.4) is 0 Å². The van der Waals surface area contributed by atoms with Gasteiger partial charge >= 0.3 is 0 Å². The zero-order valence-electron chi connectivity index (χ0n) is 13.8. The van der Waals surface area contributed by atoms with Gasteiger partial charge in [0.25, 0.3) is 0 Å². The van der Waals surface area contributed by atoms with Crippen LogP contribution in [-0.2, 0) is 10.5 Å². The fraction of sp³-hybridized carbons (Fsp3) is 0.500. The summed E-state index contributed by atoms with van der Waals surface area (Å²) in [7, 11) is -1.45. The van der Waals surface area contributed by atoms with Crippen molar-refractivity contribution in [3.05, 3.63) is 46.5 Å². The molecule has 21 heavy (non-hydrogen) atoms. The normalized spacial score (nSPS) is 12.5. The second-order valence-corrected chi connectivity index (χ2v) is 12.9. The Morgan fingerprint density at radius 1 is 1.14 bits per heavy atom. The van der Waals surface area contributed by atoms with E-state index in [0.29, 0.717) is 12.2 Å². The average molecular weight is 321 g/mol. The van der Waals surface area contributed by atoms with E-state index in [0.717, 1.165) is 18.6 Å². The third kappa shape index (κ3) is 7.68. The van der Waals surface area contributed by atoms with Crippen LogP contribution in [0.25, 0.3) is 0 Å². The highest BCUT2D eigenvalue weighted by atomic mass is 32.2. The number of carbonyl (C=O) groups is 1. The Labute approximate surface area is 135 Å². The Morgan fingerprint density at radius 3 is 2.38 bits per heavy atom. The Kier molecular flexibility index (Phi) is 8.05. The molecule has 0 saturated heterocycles. The number of allylic oxidation sites excluding steroid dienone is 1. The summed E-state index contributed by atoms with van der Waals surface area (Å²) in [5.74, 6) is 1.26. The van der Waals surface area contributed by atoms with E-state index < -0.39 is 8.07 Å². The van der Waals surface area contributed by atoms with Crippen LogP contribution in [0.4, 0.5) is 0 Å². The molecule has 3 heteroatoms. The summed E-state index contributed by atoms with van der Waals surface area (Å²) < 4.78 is 1.33. The van der Waals surface area contributed by atoms with Crippen molar-refractivity contribution in [2.45, 2.75) is 58.0 Å². The topological polar surface area (TPSA) is 17.1 Å². The van der Waals surface area contributed by atoms with E-state index >= 15 is 0 Å². The second-order valence-electron chi connectivity index (χ2n) is 6.46. The van der Waals surface area contributed by atoms with Crippen molar-refractivity contribution < 1.29 is 4.79 Å². The van der Waals surface area contributed by atoms with E-state index in [1.807, 2.05) is 23.9 Å². The average Bonchev–Trinajstić information content (AvgIpc) is 2.43. The first-order chi connectivity index (χ1) is 9.93. The minimum atomic E-state index is -1.45. The van der Waals surface area contributed by atoms with E-state index in [-0.39, 0.29) is 0 Å². The monoisotopic (exact) mass is 320 g/mol. The number of ketones is 1. The van der Waals surface area contributed by atoms with E-state index in [9.17, 15) is 4.79 Å². The number of thioether (sulfide) groups is 1. The molecule has 1 aromatic rings. The predicted octanol–water partition coefficient (Wildman–Crippen LogP) is 5.83. The van der Waals surface area contributed by atoms with Crippen LogP contribution in [-0.4, -0.2) is 13.9 Å². The molecule has 1 aromatic carbocycles. The van der Waals surface area contributed by atoms with E-state index in [4.69, 9.17) is 0 Å². The maximum absolute atomic E-state index is 12.1. The zero-order chi connectivity index (χ0) is 15.7. The van der Waals surface area contributed by atoms with Crippen molar-refractivity contribution >= 4 is 25.6 Å². The molecule has 0 aromatic heterocycles.